The second kappa shape index (κ2) is 9.53. The van der Waals surface area contributed by atoms with Crippen molar-refractivity contribution >= 4 is 10.9 Å². The summed E-state index contributed by atoms with van der Waals surface area (Å²) in [7, 11) is 4.74. The molecule has 32 heavy (non-hydrogen) atoms. The maximum atomic E-state index is 11.0. The molecule has 2 aromatic heterocycles. The van der Waals surface area contributed by atoms with Gasteiger partial charge in [0.15, 0.2) is 11.5 Å². The maximum Gasteiger partial charge on any atom is 0.162 e. The van der Waals surface area contributed by atoms with Crippen molar-refractivity contribution in [3.05, 3.63) is 78.2 Å². The van der Waals surface area contributed by atoms with Gasteiger partial charge in [-0.2, -0.15) is 0 Å². The zero-order valence-corrected chi connectivity index (χ0v) is 18.1. The van der Waals surface area contributed by atoms with Crippen LogP contribution in [0.15, 0.2) is 67.0 Å². The molecule has 0 aliphatic rings. The van der Waals surface area contributed by atoms with Gasteiger partial charge in [-0.3, -0.25) is 9.97 Å². The van der Waals surface area contributed by atoms with Gasteiger partial charge in [-0.15, -0.1) is 0 Å². The van der Waals surface area contributed by atoms with Crippen LogP contribution in [0.5, 0.6) is 28.7 Å². The first-order valence-corrected chi connectivity index (χ1v) is 10.1. The summed E-state index contributed by atoms with van der Waals surface area (Å²) in [4.78, 5) is 8.73. The molecule has 1 atom stereocenters. The Morgan fingerprint density at radius 2 is 1.59 bits per heavy atom. The number of benzene rings is 2. The predicted molar refractivity (Wildman–Crippen MR) is 121 cm³/mol. The maximum absolute atomic E-state index is 11.0. The van der Waals surface area contributed by atoms with E-state index in [1.807, 2.05) is 24.3 Å². The number of aliphatic hydroxyl groups excluding tert-OH is 1. The molecule has 7 heteroatoms. The molecule has 0 amide bonds. The van der Waals surface area contributed by atoms with Crippen molar-refractivity contribution in [1.82, 2.24) is 9.97 Å². The van der Waals surface area contributed by atoms with Crippen LogP contribution >= 0.6 is 0 Å². The lowest BCUT2D eigenvalue weighted by Crippen LogP contribution is -2.06. The van der Waals surface area contributed by atoms with E-state index in [9.17, 15) is 5.11 Å². The van der Waals surface area contributed by atoms with Gasteiger partial charge < -0.3 is 24.1 Å². The minimum atomic E-state index is -0.835. The van der Waals surface area contributed by atoms with Crippen molar-refractivity contribution < 1.29 is 24.1 Å². The van der Waals surface area contributed by atoms with Crippen LogP contribution in [0.2, 0.25) is 0 Å². The molecule has 0 saturated carbocycles. The van der Waals surface area contributed by atoms with Gasteiger partial charge >= 0.3 is 0 Å². The number of hydrogen-bond acceptors (Lipinski definition) is 7. The molecule has 0 aliphatic carbocycles. The van der Waals surface area contributed by atoms with Crippen molar-refractivity contribution in [2.24, 2.45) is 0 Å². The molecule has 0 fully saturated rings. The molecule has 0 bridgehead atoms. The van der Waals surface area contributed by atoms with Gasteiger partial charge in [0.05, 0.1) is 33.0 Å². The van der Waals surface area contributed by atoms with Gasteiger partial charge in [0, 0.05) is 41.5 Å². The quantitative estimate of drug-likeness (QED) is 0.431. The monoisotopic (exact) mass is 432 g/mol. The fraction of sp³-hybridized carbons (Fsp3) is 0.200. The van der Waals surface area contributed by atoms with E-state index in [1.54, 1.807) is 64.1 Å². The summed E-state index contributed by atoms with van der Waals surface area (Å²) in [6.45, 7) is 0. The van der Waals surface area contributed by atoms with Gasteiger partial charge in [-0.05, 0) is 42.5 Å². The summed E-state index contributed by atoms with van der Waals surface area (Å²) in [5.74, 6) is 2.87. The van der Waals surface area contributed by atoms with Crippen LogP contribution in [0, 0.1) is 0 Å². The number of aromatic nitrogens is 2. The standard InChI is InChI=1S/C25H24N2O5/c1-29-17-7-8-22(19(13-17)21(28)12-16-6-4-5-10-26-16)32-23-9-11-27-20-15-25(31-3)24(30-2)14-18(20)23/h4-11,13-15,21,28H,12H2,1-3H3. The van der Waals surface area contributed by atoms with Gasteiger partial charge in [0.1, 0.15) is 17.2 Å². The Hall–Kier alpha value is -3.84. The van der Waals surface area contributed by atoms with Crippen LogP contribution in [-0.2, 0) is 6.42 Å². The van der Waals surface area contributed by atoms with Crippen molar-refractivity contribution in [1.29, 1.82) is 0 Å². The lowest BCUT2D eigenvalue weighted by molar-refractivity contribution is 0.173. The van der Waals surface area contributed by atoms with Crippen LogP contribution in [0.3, 0.4) is 0 Å². The Kier molecular flexibility index (Phi) is 6.37. The first-order chi connectivity index (χ1) is 15.6. The van der Waals surface area contributed by atoms with E-state index in [0.29, 0.717) is 46.2 Å². The van der Waals surface area contributed by atoms with Gasteiger partial charge in [-0.1, -0.05) is 6.07 Å². The van der Waals surface area contributed by atoms with E-state index < -0.39 is 6.10 Å². The molecule has 2 aromatic carbocycles. The molecule has 0 radical (unpaired) electrons. The zero-order chi connectivity index (χ0) is 22.5. The second-order valence-electron chi connectivity index (χ2n) is 7.08. The number of hydrogen-bond donors (Lipinski definition) is 1. The summed E-state index contributed by atoms with van der Waals surface area (Å²) < 4.78 is 22.5. The average molecular weight is 432 g/mol. The Bertz CT molecular complexity index is 1210. The van der Waals surface area contributed by atoms with Gasteiger partial charge in [0.2, 0.25) is 0 Å². The highest BCUT2D eigenvalue weighted by Gasteiger charge is 2.18. The predicted octanol–water partition coefficient (Wildman–Crippen LogP) is 4.72. The fourth-order valence-corrected chi connectivity index (χ4v) is 3.49. The minimum Gasteiger partial charge on any atom is -0.497 e. The number of rotatable bonds is 8. The van der Waals surface area contributed by atoms with Crippen molar-refractivity contribution in [2.75, 3.05) is 21.3 Å². The Morgan fingerprint density at radius 3 is 2.31 bits per heavy atom. The third kappa shape index (κ3) is 4.43. The lowest BCUT2D eigenvalue weighted by atomic mass is 10.0. The summed E-state index contributed by atoms with van der Waals surface area (Å²) >= 11 is 0. The van der Waals surface area contributed by atoms with E-state index in [-0.39, 0.29) is 0 Å². The summed E-state index contributed by atoms with van der Waals surface area (Å²) in [6.07, 6.45) is 2.87. The van der Waals surface area contributed by atoms with Gasteiger partial charge in [0.25, 0.3) is 0 Å². The highest BCUT2D eigenvalue weighted by molar-refractivity contribution is 5.88. The molecule has 0 saturated heterocycles. The number of aliphatic hydroxyl groups is 1. The molecule has 7 nitrogen and oxygen atoms in total. The first-order valence-electron chi connectivity index (χ1n) is 10.1. The fourth-order valence-electron chi connectivity index (χ4n) is 3.49. The molecular formula is C25H24N2O5. The topological polar surface area (TPSA) is 82.9 Å². The number of ether oxygens (including phenoxy) is 4. The van der Waals surface area contributed by atoms with Crippen LogP contribution < -0.4 is 18.9 Å². The minimum absolute atomic E-state index is 0.340. The number of methoxy groups -OCH3 is 3. The van der Waals surface area contributed by atoms with Crippen molar-refractivity contribution in [2.45, 2.75) is 12.5 Å². The van der Waals surface area contributed by atoms with E-state index >= 15 is 0 Å². The number of pyridine rings is 2. The second-order valence-corrected chi connectivity index (χ2v) is 7.08. The smallest absolute Gasteiger partial charge is 0.162 e. The number of fused-ring (bicyclic) bond motifs is 1. The highest BCUT2D eigenvalue weighted by atomic mass is 16.5. The van der Waals surface area contributed by atoms with Crippen LogP contribution in [0.25, 0.3) is 10.9 Å². The van der Waals surface area contributed by atoms with Crippen LogP contribution in [0.4, 0.5) is 0 Å². The zero-order valence-electron chi connectivity index (χ0n) is 18.1. The summed E-state index contributed by atoms with van der Waals surface area (Å²) in [5, 5.41) is 11.7. The van der Waals surface area contributed by atoms with Crippen LogP contribution in [0.1, 0.15) is 17.4 Å². The molecular weight excluding hydrogens is 408 g/mol. The highest BCUT2D eigenvalue weighted by Crippen LogP contribution is 2.39. The molecule has 4 aromatic rings. The van der Waals surface area contributed by atoms with Gasteiger partial charge in [-0.25, -0.2) is 0 Å². The molecule has 2 heterocycles. The van der Waals surface area contributed by atoms with Crippen molar-refractivity contribution in [3.63, 3.8) is 0 Å². The van der Waals surface area contributed by atoms with E-state index in [2.05, 4.69) is 9.97 Å². The molecule has 164 valence electrons. The number of nitrogens with zero attached hydrogens (tertiary/aromatic N) is 2. The average Bonchev–Trinajstić information content (AvgIpc) is 2.84. The molecule has 4 rings (SSSR count). The summed E-state index contributed by atoms with van der Waals surface area (Å²) in [5.41, 5.74) is 2.07. The van der Waals surface area contributed by atoms with Crippen LogP contribution in [-0.4, -0.2) is 36.4 Å². The largest absolute Gasteiger partial charge is 0.497 e. The summed E-state index contributed by atoms with van der Waals surface area (Å²) in [6, 6.07) is 16.3. The Morgan fingerprint density at radius 1 is 0.781 bits per heavy atom. The van der Waals surface area contributed by atoms with E-state index in [4.69, 9.17) is 18.9 Å². The first kappa shape index (κ1) is 21.4. The molecule has 1 N–H and O–H groups in total. The third-order valence-electron chi connectivity index (χ3n) is 5.13. The molecule has 0 spiro atoms. The third-order valence-corrected chi connectivity index (χ3v) is 5.13. The van der Waals surface area contributed by atoms with Crippen molar-refractivity contribution in [3.8, 4) is 28.7 Å². The van der Waals surface area contributed by atoms with E-state index in [0.717, 1.165) is 11.1 Å². The Labute approximate surface area is 186 Å². The lowest BCUT2D eigenvalue weighted by Gasteiger charge is -2.18. The molecule has 0 aliphatic heterocycles. The molecule has 1 unspecified atom stereocenters. The SMILES string of the molecule is COc1ccc(Oc2ccnc3cc(OC)c(OC)cc23)c(C(O)Cc2ccccn2)c1. The van der Waals surface area contributed by atoms with E-state index in [1.165, 1.54) is 0 Å². The Balaban J connectivity index is 1.73. The normalized spacial score (nSPS) is 11.8.